The highest BCUT2D eigenvalue weighted by Crippen LogP contribution is 2.29. The van der Waals surface area contributed by atoms with Crippen molar-refractivity contribution in [3.8, 4) is 0 Å². The molecule has 0 spiro atoms. The highest BCUT2D eigenvalue weighted by molar-refractivity contribution is 6.05. The SMILES string of the molecule is CN1C(=O)[C@H]2CCNC[C@@H]2C1=O. The average molecular weight is 168 g/mol. The van der Waals surface area contributed by atoms with E-state index in [4.69, 9.17) is 0 Å². The molecule has 2 heterocycles. The number of fused-ring (bicyclic) bond motifs is 1. The van der Waals surface area contributed by atoms with Crippen LogP contribution in [0.25, 0.3) is 0 Å². The molecule has 2 saturated heterocycles. The van der Waals surface area contributed by atoms with E-state index in [1.807, 2.05) is 0 Å². The number of likely N-dealkylation sites (tertiary alicyclic amines) is 1. The number of nitrogens with one attached hydrogen (secondary N) is 1. The first kappa shape index (κ1) is 7.73. The van der Waals surface area contributed by atoms with Crippen LogP contribution in [-0.2, 0) is 9.59 Å². The monoisotopic (exact) mass is 168 g/mol. The van der Waals surface area contributed by atoms with Gasteiger partial charge in [-0.2, -0.15) is 0 Å². The van der Waals surface area contributed by atoms with Crippen LogP contribution in [0, 0.1) is 11.8 Å². The van der Waals surface area contributed by atoms with Gasteiger partial charge in [-0.15, -0.1) is 0 Å². The standard InChI is InChI=1S/C8H12N2O2/c1-10-7(11)5-2-3-9-4-6(5)8(10)12/h5-6,9H,2-4H2,1H3/t5-,6-/m0/s1. The fourth-order valence-electron chi connectivity index (χ4n) is 2.02. The second kappa shape index (κ2) is 2.55. The van der Waals surface area contributed by atoms with Crippen molar-refractivity contribution < 1.29 is 9.59 Å². The Kier molecular flexibility index (Phi) is 1.65. The molecule has 4 heteroatoms. The molecule has 0 radical (unpaired) electrons. The molecule has 66 valence electrons. The summed E-state index contributed by atoms with van der Waals surface area (Å²) in [6, 6.07) is 0. The summed E-state index contributed by atoms with van der Waals surface area (Å²) in [5.41, 5.74) is 0. The lowest BCUT2D eigenvalue weighted by Gasteiger charge is -2.21. The number of piperidine rings is 1. The van der Waals surface area contributed by atoms with Gasteiger partial charge in [-0.25, -0.2) is 0 Å². The summed E-state index contributed by atoms with van der Waals surface area (Å²) in [6.07, 6.45) is 0.805. The summed E-state index contributed by atoms with van der Waals surface area (Å²) in [7, 11) is 1.57. The van der Waals surface area contributed by atoms with E-state index in [-0.39, 0.29) is 23.7 Å². The van der Waals surface area contributed by atoms with E-state index < -0.39 is 0 Å². The average Bonchev–Trinajstić information content (AvgIpc) is 2.33. The minimum absolute atomic E-state index is 0.00602. The predicted molar refractivity (Wildman–Crippen MR) is 42.2 cm³/mol. The third-order valence-corrected chi connectivity index (χ3v) is 2.78. The molecule has 2 aliphatic heterocycles. The van der Waals surface area contributed by atoms with Gasteiger partial charge < -0.3 is 5.32 Å². The van der Waals surface area contributed by atoms with Crippen LogP contribution in [-0.4, -0.2) is 36.9 Å². The zero-order valence-corrected chi connectivity index (χ0v) is 7.04. The fraction of sp³-hybridized carbons (Fsp3) is 0.750. The summed E-state index contributed by atoms with van der Waals surface area (Å²) in [6.45, 7) is 1.52. The molecule has 0 aromatic carbocycles. The van der Waals surface area contributed by atoms with E-state index in [1.165, 1.54) is 4.90 Å². The Morgan fingerprint density at radius 1 is 1.33 bits per heavy atom. The molecule has 4 nitrogen and oxygen atoms in total. The number of amides is 2. The van der Waals surface area contributed by atoms with Crippen molar-refractivity contribution >= 4 is 11.8 Å². The number of imide groups is 1. The van der Waals surface area contributed by atoms with Crippen LogP contribution in [0.4, 0.5) is 0 Å². The van der Waals surface area contributed by atoms with E-state index in [1.54, 1.807) is 7.05 Å². The zero-order valence-electron chi connectivity index (χ0n) is 7.04. The van der Waals surface area contributed by atoms with Crippen LogP contribution < -0.4 is 5.32 Å². The molecule has 0 saturated carbocycles. The van der Waals surface area contributed by atoms with Crippen LogP contribution in [0.2, 0.25) is 0 Å². The molecule has 0 aromatic rings. The third-order valence-electron chi connectivity index (χ3n) is 2.78. The fourth-order valence-corrected chi connectivity index (χ4v) is 2.02. The van der Waals surface area contributed by atoms with Crippen LogP contribution in [0.15, 0.2) is 0 Å². The third kappa shape index (κ3) is 0.876. The van der Waals surface area contributed by atoms with Gasteiger partial charge in [0.25, 0.3) is 0 Å². The summed E-state index contributed by atoms with van der Waals surface area (Å²) in [4.78, 5) is 24.1. The first-order valence-corrected chi connectivity index (χ1v) is 4.24. The van der Waals surface area contributed by atoms with Gasteiger partial charge in [0.15, 0.2) is 0 Å². The van der Waals surface area contributed by atoms with E-state index in [0.29, 0.717) is 6.54 Å². The number of nitrogens with zero attached hydrogens (tertiary/aromatic N) is 1. The molecular formula is C8H12N2O2. The van der Waals surface area contributed by atoms with E-state index in [9.17, 15) is 9.59 Å². The molecular weight excluding hydrogens is 156 g/mol. The van der Waals surface area contributed by atoms with Gasteiger partial charge in [-0.05, 0) is 13.0 Å². The molecule has 0 aromatic heterocycles. The molecule has 0 unspecified atom stereocenters. The van der Waals surface area contributed by atoms with Crippen molar-refractivity contribution in [1.29, 1.82) is 0 Å². The van der Waals surface area contributed by atoms with Crippen LogP contribution in [0.3, 0.4) is 0 Å². The van der Waals surface area contributed by atoms with Crippen LogP contribution in [0.5, 0.6) is 0 Å². The molecule has 2 aliphatic rings. The van der Waals surface area contributed by atoms with Crippen molar-refractivity contribution in [3.63, 3.8) is 0 Å². The Hall–Kier alpha value is -0.900. The van der Waals surface area contributed by atoms with Crippen molar-refractivity contribution in [3.05, 3.63) is 0 Å². The minimum Gasteiger partial charge on any atom is -0.316 e. The Morgan fingerprint density at radius 2 is 2.00 bits per heavy atom. The Morgan fingerprint density at radius 3 is 2.67 bits per heavy atom. The second-order valence-corrected chi connectivity index (χ2v) is 3.44. The maximum absolute atomic E-state index is 11.4. The highest BCUT2D eigenvalue weighted by atomic mass is 16.2. The Balaban J connectivity index is 2.25. The Bertz CT molecular complexity index is 215. The smallest absolute Gasteiger partial charge is 0.234 e. The molecule has 0 bridgehead atoms. The first-order valence-electron chi connectivity index (χ1n) is 4.24. The van der Waals surface area contributed by atoms with Gasteiger partial charge in [0, 0.05) is 13.6 Å². The molecule has 1 N–H and O–H groups in total. The van der Waals surface area contributed by atoms with Crippen LogP contribution in [0.1, 0.15) is 6.42 Å². The van der Waals surface area contributed by atoms with E-state index in [2.05, 4.69) is 5.32 Å². The van der Waals surface area contributed by atoms with E-state index in [0.717, 1.165) is 13.0 Å². The second-order valence-electron chi connectivity index (χ2n) is 3.44. The maximum atomic E-state index is 11.4. The molecule has 2 amide bonds. The van der Waals surface area contributed by atoms with Crippen molar-refractivity contribution in [1.82, 2.24) is 10.2 Å². The summed E-state index contributed by atoms with van der Waals surface area (Å²) in [5.74, 6) is -0.135. The first-order chi connectivity index (χ1) is 5.72. The lowest BCUT2D eigenvalue weighted by Crippen LogP contribution is -2.38. The van der Waals surface area contributed by atoms with Crippen LogP contribution >= 0.6 is 0 Å². The zero-order chi connectivity index (χ0) is 8.72. The maximum Gasteiger partial charge on any atom is 0.234 e. The predicted octanol–water partition coefficient (Wildman–Crippen LogP) is -0.789. The normalized spacial score (nSPS) is 35.6. The van der Waals surface area contributed by atoms with Gasteiger partial charge >= 0.3 is 0 Å². The van der Waals surface area contributed by atoms with Gasteiger partial charge in [0.05, 0.1) is 11.8 Å². The lowest BCUT2D eigenvalue weighted by molar-refractivity contribution is -0.138. The lowest BCUT2D eigenvalue weighted by atomic mass is 9.89. The van der Waals surface area contributed by atoms with Gasteiger partial charge in [-0.3, -0.25) is 14.5 Å². The number of hydrogen-bond donors (Lipinski definition) is 1. The van der Waals surface area contributed by atoms with Gasteiger partial charge in [-0.1, -0.05) is 0 Å². The van der Waals surface area contributed by atoms with Crippen molar-refractivity contribution in [2.24, 2.45) is 11.8 Å². The Labute approximate surface area is 70.9 Å². The van der Waals surface area contributed by atoms with E-state index >= 15 is 0 Å². The van der Waals surface area contributed by atoms with Gasteiger partial charge in [0.2, 0.25) is 11.8 Å². The number of rotatable bonds is 0. The van der Waals surface area contributed by atoms with Crippen molar-refractivity contribution in [2.75, 3.05) is 20.1 Å². The number of carbonyl (C=O) groups excluding carboxylic acids is 2. The van der Waals surface area contributed by atoms with Crippen molar-refractivity contribution in [2.45, 2.75) is 6.42 Å². The summed E-state index contributed by atoms with van der Waals surface area (Å²) in [5, 5.41) is 3.13. The summed E-state index contributed by atoms with van der Waals surface area (Å²) < 4.78 is 0. The summed E-state index contributed by atoms with van der Waals surface area (Å²) >= 11 is 0. The largest absolute Gasteiger partial charge is 0.316 e. The molecule has 0 aliphatic carbocycles. The number of hydrogen-bond acceptors (Lipinski definition) is 3. The molecule has 2 rings (SSSR count). The van der Waals surface area contributed by atoms with Gasteiger partial charge in [0.1, 0.15) is 0 Å². The minimum atomic E-state index is -0.0868. The molecule has 12 heavy (non-hydrogen) atoms. The molecule has 2 atom stereocenters. The topological polar surface area (TPSA) is 49.4 Å². The molecule has 2 fully saturated rings. The quantitative estimate of drug-likeness (QED) is 0.482. The number of carbonyl (C=O) groups is 2. The highest BCUT2D eigenvalue weighted by Gasteiger charge is 2.46.